The summed E-state index contributed by atoms with van der Waals surface area (Å²) in [4.78, 5) is 17.7. The summed E-state index contributed by atoms with van der Waals surface area (Å²) in [7, 11) is -3.64. The molecule has 0 atom stereocenters. The molecule has 0 radical (unpaired) electrons. The second-order valence-corrected chi connectivity index (χ2v) is 7.06. The molecule has 1 heterocycles. The Morgan fingerprint density at radius 2 is 2.04 bits per heavy atom. The Morgan fingerprint density at radius 1 is 1.30 bits per heavy atom. The fourth-order valence-corrected chi connectivity index (χ4v) is 2.91. The van der Waals surface area contributed by atoms with E-state index < -0.39 is 9.84 Å². The molecule has 0 aliphatic carbocycles. The van der Waals surface area contributed by atoms with Gasteiger partial charge in [-0.05, 0) is 20.3 Å². The van der Waals surface area contributed by atoms with Crippen LogP contribution in [0.2, 0.25) is 0 Å². The molecular weight excluding hydrogens is 320 g/mol. The smallest absolute Gasteiger partial charge is 0.346 e. The first-order valence-electron chi connectivity index (χ1n) is 7.97. The van der Waals surface area contributed by atoms with Crippen LogP contribution < -0.4 is 0 Å². The van der Waals surface area contributed by atoms with E-state index in [9.17, 15) is 13.2 Å². The fourth-order valence-electron chi connectivity index (χ4n) is 1.97. The van der Waals surface area contributed by atoms with E-state index in [4.69, 9.17) is 4.74 Å². The van der Waals surface area contributed by atoms with Gasteiger partial charge < -0.3 is 9.64 Å². The molecule has 9 heteroatoms. The summed E-state index contributed by atoms with van der Waals surface area (Å²) < 4.78 is 30.1. The number of unbranched alkanes of at least 4 members (excludes halogenated alkanes) is 2. The molecule has 1 rings (SSSR count). The zero-order valence-corrected chi connectivity index (χ0v) is 14.9. The van der Waals surface area contributed by atoms with E-state index in [1.54, 1.807) is 11.8 Å². The summed E-state index contributed by atoms with van der Waals surface area (Å²) in [5, 5.41) is 3.49. The minimum atomic E-state index is -3.64. The summed E-state index contributed by atoms with van der Waals surface area (Å²) in [5.74, 6) is -0.201. The monoisotopic (exact) mass is 346 g/mol. The quantitative estimate of drug-likeness (QED) is 0.597. The molecule has 0 aliphatic heterocycles. The van der Waals surface area contributed by atoms with Gasteiger partial charge in [-0.15, -0.1) is 5.10 Å². The minimum absolute atomic E-state index is 0.0828. The van der Waals surface area contributed by atoms with Crippen molar-refractivity contribution >= 4 is 15.9 Å². The van der Waals surface area contributed by atoms with Crippen molar-refractivity contribution in [1.29, 1.82) is 0 Å². The highest BCUT2D eigenvalue weighted by atomic mass is 32.2. The van der Waals surface area contributed by atoms with Crippen LogP contribution in [0.25, 0.3) is 0 Å². The van der Waals surface area contributed by atoms with Crippen LogP contribution in [0.5, 0.6) is 0 Å². The van der Waals surface area contributed by atoms with Crippen molar-refractivity contribution in [2.75, 3.05) is 32.1 Å². The maximum atomic E-state index is 12.3. The lowest BCUT2D eigenvalue weighted by Crippen LogP contribution is -2.35. The van der Waals surface area contributed by atoms with Gasteiger partial charge in [0.05, 0.1) is 12.4 Å². The van der Waals surface area contributed by atoms with Crippen LogP contribution in [0.1, 0.15) is 40.0 Å². The molecule has 0 saturated heterocycles. The average Bonchev–Trinajstić information content (AvgIpc) is 3.02. The SMILES string of the molecule is CCCCCN(CC)C(=O)n1cnc(S(=O)(=O)CCOCC)n1. The van der Waals surface area contributed by atoms with Crippen molar-refractivity contribution in [3.63, 3.8) is 0 Å². The van der Waals surface area contributed by atoms with Crippen molar-refractivity contribution in [2.45, 2.75) is 45.2 Å². The Labute approximate surface area is 137 Å². The number of carbonyl (C=O) groups is 1. The number of hydrogen-bond donors (Lipinski definition) is 0. The lowest BCUT2D eigenvalue weighted by molar-refractivity contribution is 0.163. The topological polar surface area (TPSA) is 94.4 Å². The number of nitrogens with zero attached hydrogens (tertiary/aromatic N) is 4. The lowest BCUT2D eigenvalue weighted by atomic mass is 10.2. The molecule has 23 heavy (non-hydrogen) atoms. The standard InChI is InChI=1S/C14H26N4O4S/c1-4-7-8-9-17(5-2)14(19)18-12-15-13(16-18)23(20,21)11-10-22-6-3/h12H,4-11H2,1-3H3. The third kappa shape index (κ3) is 5.91. The maximum absolute atomic E-state index is 12.3. The second-order valence-electron chi connectivity index (χ2n) is 5.06. The van der Waals surface area contributed by atoms with Crippen molar-refractivity contribution in [3.05, 3.63) is 6.33 Å². The number of aromatic nitrogens is 3. The van der Waals surface area contributed by atoms with Gasteiger partial charge in [-0.25, -0.2) is 18.2 Å². The first kappa shape index (κ1) is 19.6. The van der Waals surface area contributed by atoms with Gasteiger partial charge in [0, 0.05) is 19.7 Å². The van der Waals surface area contributed by atoms with Gasteiger partial charge in [0.1, 0.15) is 6.33 Å². The van der Waals surface area contributed by atoms with Gasteiger partial charge in [-0.3, -0.25) is 0 Å². The Balaban J connectivity index is 2.75. The van der Waals surface area contributed by atoms with Crippen LogP contribution in [0.3, 0.4) is 0 Å². The van der Waals surface area contributed by atoms with Crippen LogP contribution >= 0.6 is 0 Å². The normalized spacial score (nSPS) is 11.6. The zero-order valence-electron chi connectivity index (χ0n) is 14.1. The first-order valence-corrected chi connectivity index (χ1v) is 9.62. The van der Waals surface area contributed by atoms with Crippen LogP contribution in [-0.2, 0) is 14.6 Å². The zero-order chi connectivity index (χ0) is 17.3. The highest BCUT2D eigenvalue weighted by molar-refractivity contribution is 7.91. The molecule has 1 amide bonds. The lowest BCUT2D eigenvalue weighted by Gasteiger charge is -2.19. The predicted octanol–water partition coefficient (Wildman–Crippen LogP) is 1.57. The molecule has 1 aromatic heterocycles. The van der Waals surface area contributed by atoms with Crippen molar-refractivity contribution in [2.24, 2.45) is 0 Å². The van der Waals surface area contributed by atoms with Crippen molar-refractivity contribution in [3.8, 4) is 0 Å². The minimum Gasteiger partial charge on any atom is -0.381 e. The van der Waals surface area contributed by atoms with Crippen LogP contribution in [0, 0.1) is 0 Å². The van der Waals surface area contributed by atoms with Crippen LogP contribution in [0.4, 0.5) is 4.79 Å². The van der Waals surface area contributed by atoms with Gasteiger partial charge >= 0.3 is 6.03 Å². The average molecular weight is 346 g/mol. The van der Waals surface area contributed by atoms with E-state index in [0.29, 0.717) is 19.7 Å². The van der Waals surface area contributed by atoms with Gasteiger partial charge in [0.15, 0.2) is 0 Å². The van der Waals surface area contributed by atoms with Crippen molar-refractivity contribution < 1.29 is 17.9 Å². The predicted molar refractivity (Wildman–Crippen MR) is 86.1 cm³/mol. The molecule has 1 aromatic rings. The number of carbonyl (C=O) groups excluding carboxylic acids is 1. The highest BCUT2D eigenvalue weighted by Crippen LogP contribution is 2.06. The second kappa shape index (κ2) is 9.61. The largest absolute Gasteiger partial charge is 0.381 e. The van der Waals surface area contributed by atoms with E-state index in [1.807, 2.05) is 6.92 Å². The summed E-state index contributed by atoms with van der Waals surface area (Å²) in [6.45, 7) is 7.44. The van der Waals surface area contributed by atoms with Gasteiger partial charge in [-0.1, -0.05) is 19.8 Å². The number of hydrogen-bond acceptors (Lipinski definition) is 6. The molecule has 0 aromatic carbocycles. The Kier molecular flexibility index (Phi) is 8.18. The Bertz CT molecular complexity index is 585. The molecule has 8 nitrogen and oxygen atoms in total. The van der Waals surface area contributed by atoms with Crippen molar-refractivity contribution in [1.82, 2.24) is 19.7 Å². The summed E-state index contributed by atoms with van der Waals surface area (Å²) in [6, 6.07) is -0.359. The van der Waals surface area contributed by atoms with Gasteiger partial charge in [0.2, 0.25) is 9.84 Å². The number of sulfone groups is 1. The third-order valence-corrected chi connectivity index (χ3v) is 4.78. The Morgan fingerprint density at radius 3 is 2.65 bits per heavy atom. The van der Waals surface area contributed by atoms with Crippen LogP contribution in [-0.4, -0.2) is 66.2 Å². The summed E-state index contributed by atoms with van der Waals surface area (Å²) in [6.07, 6.45) is 4.16. The number of rotatable bonds is 10. The molecule has 0 N–H and O–H groups in total. The van der Waals surface area contributed by atoms with E-state index in [2.05, 4.69) is 17.0 Å². The van der Waals surface area contributed by atoms with E-state index in [0.717, 1.165) is 30.3 Å². The molecule has 0 aliphatic rings. The molecule has 0 saturated carbocycles. The summed E-state index contributed by atoms with van der Waals surface area (Å²) in [5.41, 5.74) is 0. The molecule has 0 bridgehead atoms. The molecule has 0 spiro atoms. The number of ether oxygens (including phenoxy) is 1. The third-order valence-electron chi connectivity index (χ3n) is 3.33. The molecule has 0 unspecified atom stereocenters. The maximum Gasteiger partial charge on any atom is 0.346 e. The highest BCUT2D eigenvalue weighted by Gasteiger charge is 2.22. The van der Waals surface area contributed by atoms with E-state index in [-0.39, 0.29) is 23.5 Å². The van der Waals surface area contributed by atoms with Gasteiger partial charge in [0.25, 0.3) is 5.16 Å². The summed E-state index contributed by atoms with van der Waals surface area (Å²) >= 11 is 0. The fraction of sp³-hybridized carbons (Fsp3) is 0.786. The molecule has 132 valence electrons. The molecule has 0 fully saturated rings. The first-order chi connectivity index (χ1) is 11.0. The molecular formula is C14H26N4O4S. The number of amides is 1. The van der Waals surface area contributed by atoms with Crippen LogP contribution in [0.15, 0.2) is 11.5 Å². The van der Waals surface area contributed by atoms with E-state index in [1.165, 1.54) is 0 Å². The van der Waals surface area contributed by atoms with Gasteiger partial charge in [-0.2, -0.15) is 4.68 Å². The van der Waals surface area contributed by atoms with E-state index >= 15 is 0 Å². The Hall–Kier alpha value is -1.48.